The van der Waals surface area contributed by atoms with Gasteiger partial charge < -0.3 is 0 Å². The van der Waals surface area contributed by atoms with Crippen LogP contribution in [0.1, 0.15) is 55.8 Å². The van der Waals surface area contributed by atoms with Gasteiger partial charge in [-0.2, -0.15) is 0 Å². The maximum Gasteiger partial charge on any atom is 0.0451 e. The Labute approximate surface area is 135 Å². The van der Waals surface area contributed by atoms with Crippen molar-refractivity contribution in [1.82, 2.24) is 0 Å². The van der Waals surface area contributed by atoms with Gasteiger partial charge in [-0.25, -0.2) is 0 Å². The van der Waals surface area contributed by atoms with Crippen LogP contribution in [0.3, 0.4) is 0 Å². The van der Waals surface area contributed by atoms with Gasteiger partial charge in [-0.1, -0.05) is 46.6 Å². The van der Waals surface area contributed by atoms with Gasteiger partial charge in [0.25, 0.3) is 0 Å². The first-order chi connectivity index (χ1) is 9.48. The van der Waals surface area contributed by atoms with Crippen LogP contribution in [0.5, 0.6) is 0 Å². The number of rotatable bonds is 2. The Morgan fingerprint density at radius 2 is 1.70 bits per heavy atom. The molecule has 1 aromatic carbocycles. The molecule has 4 saturated carbocycles. The Hall–Kier alpha value is -0.0100. The van der Waals surface area contributed by atoms with E-state index < -0.39 is 0 Å². The highest BCUT2D eigenvalue weighted by atomic mass is 79.9. The van der Waals surface area contributed by atoms with Crippen LogP contribution in [-0.4, -0.2) is 0 Å². The van der Waals surface area contributed by atoms with Gasteiger partial charge in [0.2, 0.25) is 0 Å². The largest absolute Gasteiger partial charge is 0.0843 e. The molecule has 0 amide bonds. The lowest BCUT2D eigenvalue weighted by Crippen LogP contribution is -2.52. The Morgan fingerprint density at radius 3 is 2.25 bits per heavy atom. The van der Waals surface area contributed by atoms with Gasteiger partial charge in [0, 0.05) is 9.85 Å². The molecule has 108 valence electrons. The van der Waals surface area contributed by atoms with E-state index in [1.54, 1.807) is 0 Å². The van der Waals surface area contributed by atoms with Crippen molar-refractivity contribution < 1.29 is 0 Å². The van der Waals surface area contributed by atoms with Crippen molar-refractivity contribution in [2.75, 3.05) is 0 Å². The molecule has 0 heterocycles. The van der Waals surface area contributed by atoms with E-state index in [4.69, 9.17) is 11.6 Å². The van der Waals surface area contributed by atoms with E-state index in [1.807, 2.05) is 12.1 Å². The highest BCUT2D eigenvalue weighted by Gasteiger charge is 2.58. The monoisotopic (exact) mass is 352 g/mol. The van der Waals surface area contributed by atoms with E-state index in [0.29, 0.717) is 15.7 Å². The quantitative estimate of drug-likeness (QED) is 0.541. The molecule has 0 radical (unpaired) electrons. The molecule has 4 bridgehead atoms. The molecule has 4 aliphatic carbocycles. The first-order valence-electron chi connectivity index (χ1n) is 7.88. The predicted molar refractivity (Wildman–Crippen MR) is 88.3 cm³/mol. The number of alkyl halides is 1. The van der Waals surface area contributed by atoms with E-state index in [-0.39, 0.29) is 0 Å². The third-order valence-corrected chi connectivity index (χ3v) is 7.85. The summed E-state index contributed by atoms with van der Waals surface area (Å²) in [6, 6.07) is 8.49. The average Bonchev–Trinajstić information content (AvgIpc) is 2.36. The molecular weight excluding hydrogens is 332 g/mol. The summed E-state index contributed by atoms with van der Waals surface area (Å²) in [5.41, 5.74) is 2.52. The molecule has 4 fully saturated rings. The molecular formula is C18H22BrCl. The van der Waals surface area contributed by atoms with E-state index >= 15 is 0 Å². The fourth-order valence-electron chi connectivity index (χ4n) is 6.08. The lowest BCUT2D eigenvalue weighted by molar-refractivity contribution is -0.101. The number of hydrogen-bond acceptors (Lipinski definition) is 0. The molecule has 5 rings (SSSR count). The predicted octanol–water partition coefficient (Wildman–Crippen LogP) is 6.38. The summed E-state index contributed by atoms with van der Waals surface area (Å²) in [7, 11) is 0. The van der Waals surface area contributed by atoms with Crippen LogP contribution in [0.15, 0.2) is 24.3 Å². The Balaban J connectivity index is 1.68. The SMILES string of the molecule is CC12CC3CC(C1)CC(C(Br)c1ccc(Cl)cc1)(C3)C2. The normalized spacial score (nSPS) is 43.8. The van der Waals surface area contributed by atoms with Gasteiger partial charge in [0.1, 0.15) is 0 Å². The Kier molecular flexibility index (Phi) is 3.06. The van der Waals surface area contributed by atoms with Crippen molar-refractivity contribution in [2.45, 2.75) is 50.3 Å². The van der Waals surface area contributed by atoms with Gasteiger partial charge in [-0.05, 0) is 78.9 Å². The van der Waals surface area contributed by atoms with Crippen LogP contribution in [-0.2, 0) is 0 Å². The van der Waals surface area contributed by atoms with E-state index in [2.05, 4.69) is 35.0 Å². The molecule has 0 N–H and O–H groups in total. The van der Waals surface area contributed by atoms with Gasteiger partial charge in [-0.15, -0.1) is 0 Å². The molecule has 3 unspecified atom stereocenters. The molecule has 1 aromatic rings. The topological polar surface area (TPSA) is 0 Å². The lowest BCUT2D eigenvalue weighted by Gasteiger charge is -2.63. The summed E-state index contributed by atoms with van der Waals surface area (Å²) in [5, 5.41) is 0.839. The summed E-state index contributed by atoms with van der Waals surface area (Å²) in [4.78, 5) is 0.498. The average molecular weight is 354 g/mol. The summed E-state index contributed by atoms with van der Waals surface area (Å²) in [6.45, 7) is 2.54. The highest BCUT2D eigenvalue weighted by Crippen LogP contribution is 2.69. The molecule has 0 spiro atoms. The molecule has 0 aromatic heterocycles. The van der Waals surface area contributed by atoms with Crippen LogP contribution < -0.4 is 0 Å². The fraction of sp³-hybridized carbons (Fsp3) is 0.667. The zero-order valence-corrected chi connectivity index (χ0v) is 14.4. The van der Waals surface area contributed by atoms with Crippen LogP contribution in [0.25, 0.3) is 0 Å². The minimum Gasteiger partial charge on any atom is -0.0843 e. The first kappa shape index (κ1) is 13.6. The maximum atomic E-state index is 6.04. The summed E-state index contributed by atoms with van der Waals surface area (Å²) in [5.74, 6) is 1.96. The summed E-state index contributed by atoms with van der Waals surface area (Å²) in [6.07, 6.45) is 8.72. The minimum absolute atomic E-state index is 0.493. The van der Waals surface area contributed by atoms with Crippen LogP contribution in [0.2, 0.25) is 5.02 Å². The van der Waals surface area contributed by atoms with Gasteiger partial charge in [-0.3, -0.25) is 0 Å². The number of halogens is 2. The van der Waals surface area contributed by atoms with E-state index in [1.165, 1.54) is 44.1 Å². The van der Waals surface area contributed by atoms with Gasteiger partial charge in [0.15, 0.2) is 0 Å². The van der Waals surface area contributed by atoms with Crippen molar-refractivity contribution in [2.24, 2.45) is 22.7 Å². The third-order valence-electron chi connectivity index (χ3n) is 6.10. The van der Waals surface area contributed by atoms with Gasteiger partial charge in [0.05, 0.1) is 0 Å². The smallest absolute Gasteiger partial charge is 0.0451 e. The molecule has 4 aliphatic rings. The number of benzene rings is 1. The Morgan fingerprint density at radius 1 is 1.10 bits per heavy atom. The second-order valence-corrected chi connectivity index (χ2v) is 9.40. The third kappa shape index (κ3) is 2.08. The van der Waals surface area contributed by atoms with Crippen LogP contribution in [0.4, 0.5) is 0 Å². The zero-order chi connectivity index (χ0) is 14.0. The van der Waals surface area contributed by atoms with Crippen LogP contribution in [0, 0.1) is 22.7 Å². The summed E-state index contributed by atoms with van der Waals surface area (Å²) >= 11 is 10.1. The highest BCUT2D eigenvalue weighted by molar-refractivity contribution is 9.09. The van der Waals surface area contributed by atoms with Crippen LogP contribution >= 0.6 is 27.5 Å². The van der Waals surface area contributed by atoms with Crippen molar-refractivity contribution in [3.63, 3.8) is 0 Å². The van der Waals surface area contributed by atoms with E-state index in [0.717, 1.165) is 16.9 Å². The molecule has 3 atom stereocenters. The molecule has 0 nitrogen and oxygen atoms in total. The van der Waals surface area contributed by atoms with Crippen molar-refractivity contribution in [3.05, 3.63) is 34.9 Å². The van der Waals surface area contributed by atoms with E-state index in [9.17, 15) is 0 Å². The first-order valence-corrected chi connectivity index (χ1v) is 9.17. The van der Waals surface area contributed by atoms with Crippen molar-refractivity contribution in [1.29, 1.82) is 0 Å². The summed E-state index contributed by atoms with van der Waals surface area (Å²) < 4.78 is 0. The fourth-order valence-corrected chi connectivity index (χ4v) is 7.05. The molecule has 0 saturated heterocycles. The van der Waals surface area contributed by atoms with Crippen molar-refractivity contribution in [3.8, 4) is 0 Å². The lowest BCUT2D eigenvalue weighted by atomic mass is 9.44. The Bertz CT molecular complexity index is 507. The number of hydrogen-bond donors (Lipinski definition) is 0. The minimum atomic E-state index is 0.493. The second kappa shape index (κ2) is 4.49. The molecule has 2 heteroatoms. The van der Waals surface area contributed by atoms with Crippen molar-refractivity contribution >= 4 is 27.5 Å². The van der Waals surface area contributed by atoms with Gasteiger partial charge >= 0.3 is 0 Å². The second-order valence-electron chi connectivity index (χ2n) is 8.05. The molecule has 20 heavy (non-hydrogen) atoms. The zero-order valence-electron chi connectivity index (χ0n) is 12.0. The molecule has 0 aliphatic heterocycles. The maximum absolute atomic E-state index is 6.04. The standard InChI is InChI=1S/C18H22BrCl/c1-17-7-12-6-13(8-17)10-18(9-12,11-17)16(19)14-2-4-15(20)5-3-14/h2-5,12-13,16H,6-11H2,1H3.